The number of nitrogens with one attached hydrogen (secondary N) is 1. The van der Waals surface area contributed by atoms with E-state index < -0.39 is 0 Å². The number of nitrogen functional groups attached to an aromatic ring is 1. The molecule has 3 N–H and O–H groups in total. The lowest BCUT2D eigenvalue weighted by atomic mass is 10.2. The number of rotatable bonds is 6. The molecule has 0 radical (unpaired) electrons. The fraction of sp³-hybridized carbons (Fsp3) is 0.583. The summed E-state index contributed by atoms with van der Waals surface area (Å²) in [6.07, 6.45) is 7.95. The Morgan fingerprint density at radius 1 is 1.47 bits per heavy atom. The van der Waals surface area contributed by atoms with Crippen LogP contribution in [0.1, 0.15) is 38.3 Å². The van der Waals surface area contributed by atoms with Gasteiger partial charge in [0, 0.05) is 25.0 Å². The standard InChI is InChI=1S/C12H19N5/c1-2-3-8-17(9-4-5-9)12-10(11(13)14)15-6-7-16-12/h6-7,9H,2-5,8H2,1H3,(H3,13,14). The largest absolute Gasteiger partial charge is 0.382 e. The van der Waals surface area contributed by atoms with E-state index in [0.717, 1.165) is 25.2 Å². The molecule has 0 aromatic carbocycles. The van der Waals surface area contributed by atoms with Crippen LogP contribution in [0.5, 0.6) is 0 Å². The summed E-state index contributed by atoms with van der Waals surface area (Å²) >= 11 is 0. The number of amidine groups is 1. The molecule has 0 aliphatic heterocycles. The minimum atomic E-state index is -0.00440. The molecule has 5 nitrogen and oxygen atoms in total. The minimum Gasteiger partial charge on any atom is -0.382 e. The zero-order chi connectivity index (χ0) is 12.3. The third-order valence-electron chi connectivity index (χ3n) is 2.95. The third-order valence-corrected chi connectivity index (χ3v) is 2.95. The lowest BCUT2D eigenvalue weighted by molar-refractivity contribution is 0.702. The van der Waals surface area contributed by atoms with E-state index >= 15 is 0 Å². The zero-order valence-electron chi connectivity index (χ0n) is 10.2. The average molecular weight is 233 g/mol. The van der Waals surface area contributed by atoms with Gasteiger partial charge >= 0.3 is 0 Å². The Labute approximate surface area is 102 Å². The predicted molar refractivity (Wildman–Crippen MR) is 68.3 cm³/mol. The van der Waals surface area contributed by atoms with Crippen LogP contribution in [0.2, 0.25) is 0 Å². The quantitative estimate of drug-likeness (QED) is 0.577. The molecule has 5 heteroatoms. The first-order valence-electron chi connectivity index (χ1n) is 6.16. The van der Waals surface area contributed by atoms with Crippen molar-refractivity contribution in [2.75, 3.05) is 11.4 Å². The molecule has 1 aliphatic rings. The van der Waals surface area contributed by atoms with Crippen LogP contribution in [0.4, 0.5) is 5.82 Å². The molecule has 0 unspecified atom stereocenters. The summed E-state index contributed by atoms with van der Waals surface area (Å²) in [5.74, 6) is 0.770. The first kappa shape index (κ1) is 11.8. The number of nitrogens with two attached hydrogens (primary N) is 1. The fourth-order valence-corrected chi connectivity index (χ4v) is 1.91. The second kappa shape index (κ2) is 5.12. The van der Waals surface area contributed by atoms with Crippen LogP contribution in [0.25, 0.3) is 0 Å². The van der Waals surface area contributed by atoms with E-state index in [1.165, 1.54) is 12.8 Å². The van der Waals surface area contributed by atoms with Crippen LogP contribution in [0.15, 0.2) is 12.4 Å². The molecule has 1 aliphatic carbocycles. The number of anilines is 1. The van der Waals surface area contributed by atoms with Gasteiger partial charge < -0.3 is 10.6 Å². The molecular formula is C12H19N5. The Kier molecular flexibility index (Phi) is 3.56. The van der Waals surface area contributed by atoms with Crippen LogP contribution in [-0.2, 0) is 0 Å². The molecule has 0 saturated heterocycles. The molecule has 17 heavy (non-hydrogen) atoms. The van der Waals surface area contributed by atoms with Crippen molar-refractivity contribution in [1.82, 2.24) is 9.97 Å². The highest BCUT2D eigenvalue weighted by Gasteiger charge is 2.31. The topological polar surface area (TPSA) is 78.9 Å². The molecule has 1 heterocycles. The van der Waals surface area contributed by atoms with Crippen molar-refractivity contribution in [3.05, 3.63) is 18.1 Å². The molecule has 0 bridgehead atoms. The number of hydrogen-bond donors (Lipinski definition) is 2. The van der Waals surface area contributed by atoms with Gasteiger partial charge in [0.25, 0.3) is 0 Å². The lowest BCUT2D eigenvalue weighted by Gasteiger charge is -2.24. The highest BCUT2D eigenvalue weighted by Crippen LogP contribution is 2.31. The summed E-state index contributed by atoms with van der Waals surface area (Å²) in [6.45, 7) is 3.15. The van der Waals surface area contributed by atoms with Crippen LogP contribution in [0.3, 0.4) is 0 Å². The highest BCUT2D eigenvalue weighted by molar-refractivity contribution is 5.97. The van der Waals surface area contributed by atoms with Gasteiger partial charge in [-0.05, 0) is 19.3 Å². The summed E-state index contributed by atoms with van der Waals surface area (Å²) < 4.78 is 0. The molecule has 0 amide bonds. The van der Waals surface area contributed by atoms with E-state index in [2.05, 4.69) is 21.8 Å². The van der Waals surface area contributed by atoms with E-state index in [1.54, 1.807) is 12.4 Å². The summed E-state index contributed by atoms with van der Waals surface area (Å²) in [5, 5.41) is 7.56. The highest BCUT2D eigenvalue weighted by atomic mass is 15.2. The molecule has 2 rings (SSSR count). The van der Waals surface area contributed by atoms with Gasteiger partial charge in [0.15, 0.2) is 5.82 Å². The molecule has 92 valence electrons. The Morgan fingerprint density at radius 2 is 2.18 bits per heavy atom. The van der Waals surface area contributed by atoms with Crippen molar-refractivity contribution in [2.45, 2.75) is 38.6 Å². The maximum Gasteiger partial charge on any atom is 0.158 e. The van der Waals surface area contributed by atoms with Gasteiger partial charge in [-0.25, -0.2) is 9.97 Å². The van der Waals surface area contributed by atoms with Gasteiger partial charge in [-0.15, -0.1) is 0 Å². The molecule has 1 fully saturated rings. The SMILES string of the molecule is CCCCN(c1nccnc1C(=N)N)C1CC1. The Bertz CT molecular complexity index is 400. The van der Waals surface area contributed by atoms with E-state index in [0.29, 0.717) is 11.7 Å². The number of hydrogen-bond acceptors (Lipinski definition) is 4. The third kappa shape index (κ3) is 2.72. The molecular weight excluding hydrogens is 214 g/mol. The molecule has 1 saturated carbocycles. The first-order chi connectivity index (χ1) is 8.24. The van der Waals surface area contributed by atoms with Crippen molar-refractivity contribution in [3.63, 3.8) is 0 Å². The molecule has 1 aromatic heterocycles. The van der Waals surface area contributed by atoms with Crippen molar-refractivity contribution < 1.29 is 0 Å². The van der Waals surface area contributed by atoms with E-state index in [-0.39, 0.29) is 5.84 Å². The Hall–Kier alpha value is -1.65. The Morgan fingerprint density at radius 3 is 2.76 bits per heavy atom. The minimum absolute atomic E-state index is 0.00440. The normalized spacial score (nSPS) is 14.6. The van der Waals surface area contributed by atoms with Gasteiger partial charge in [0.2, 0.25) is 0 Å². The summed E-state index contributed by atoms with van der Waals surface area (Å²) in [7, 11) is 0. The fourth-order valence-electron chi connectivity index (χ4n) is 1.91. The van der Waals surface area contributed by atoms with Crippen molar-refractivity contribution in [1.29, 1.82) is 5.41 Å². The van der Waals surface area contributed by atoms with Crippen LogP contribution < -0.4 is 10.6 Å². The maximum absolute atomic E-state index is 7.56. The van der Waals surface area contributed by atoms with E-state index in [4.69, 9.17) is 11.1 Å². The number of aromatic nitrogens is 2. The van der Waals surface area contributed by atoms with Gasteiger partial charge in [-0.2, -0.15) is 0 Å². The average Bonchev–Trinajstić information content (AvgIpc) is 3.14. The van der Waals surface area contributed by atoms with Gasteiger partial charge in [0.1, 0.15) is 11.5 Å². The zero-order valence-corrected chi connectivity index (χ0v) is 10.2. The van der Waals surface area contributed by atoms with E-state index in [9.17, 15) is 0 Å². The van der Waals surface area contributed by atoms with Crippen LogP contribution >= 0.6 is 0 Å². The summed E-state index contributed by atoms with van der Waals surface area (Å²) in [5.41, 5.74) is 6.07. The van der Waals surface area contributed by atoms with E-state index in [1.807, 2.05) is 0 Å². The Balaban J connectivity index is 2.25. The second-order valence-corrected chi connectivity index (χ2v) is 4.42. The maximum atomic E-state index is 7.56. The molecule has 1 aromatic rings. The smallest absolute Gasteiger partial charge is 0.158 e. The molecule has 0 spiro atoms. The number of unbranched alkanes of at least 4 members (excludes halogenated alkanes) is 1. The molecule has 0 atom stereocenters. The van der Waals surface area contributed by atoms with Crippen LogP contribution in [-0.4, -0.2) is 28.4 Å². The van der Waals surface area contributed by atoms with Gasteiger partial charge in [0.05, 0.1) is 0 Å². The number of nitrogens with zero attached hydrogens (tertiary/aromatic N) is 3. The van der Waals surface area contributed by atoms with Crippen molar-refractivity contribution >= 4 is 11.7 Å². The first-order valence-corrected chi connectivity index (χ1v) is 6.16. The van der Waals surface area contributed by atoms with Gasteiger partial charge in [-0.1, -0.05) is 13.3 Å². The second-order valence-electron chi connectivity index (χ2n) is 4.42. The predicted octanol–water partition coefficient (Wildman–Crippen LogP) is 1.53. The summed E-state index contributed by atoms with van der Waals surface area (Å²) in [6, 6.07) is 0.566. The van der Waals surface area contributed by atoms with Crippen LogP contribution in [0, 0.1) is 5.41 Å². The monoisotopic (exact) mass is 233 g/mol. The van der Waals surface area contributed by atoms with Crippen molar-refractivity contribution in [2.24, 2.45) is 5.73 Å². The van der Waals surface area contributed by atoms with Gasteiger partial charge in [-0.3, -0.25) is 5.41 Å². The summed E-state index contributed by atoms with van der Waals surface area (Å²) in [4.78, 5) is 10.8. The van der Waals surface area contributed by atoms with Crippen molar-refractivity contribution in [3.8, 4) is 0 Å². The lowest BCUT2D eigenvalue weighted by Crippen LogP contribution is -2.31.